The lowest BCUT2D eigenvalue weighted by atomic mass is 10.1. The first-order valence-electron chi connectivity index (χ1n) is 2.68. The highest BCUT2D eigenvalue weighted by Crippen LogP contribution is 2.12. The zero-order valence-corrected chi connectivity index (χ0v) is 6.28. The molecular weight excluding hydrogens is 118 g/mol. The molecule has 0 radical (unpaired) electrons. The Hall–Kier alpha value is -0.110. The van der Waals surface area contributed by atoms with Gasteiger partial charge in [0.25, 0.3) is 0 Å². The van der Waals surface area contributed by atoms with Gasteiger partial charge in [0, 0.05) is 10.9 Å². The summed E-state index contributed by atoms with van der Waals surface area (Å²) in [4.78, 5) is 0. The zero-order chi connectivity index (χ0) is 6.73. The zero-order valence-electron chi connectivity index (χ0n) is 5.39. The summed E-state index contributed by atoms with van der Waals surface area (Å²) in [6.45, 7) is 7.71. The van der Waals surface area contributed by atoms with E-state index in [0.29, 0.717) is 11.6 Å². The van der Waals surface area contributed by atoms with E-state index < -0.39 is 0 Å². The normalized spacial score (nSPS) is 14.0. The molecule has 0 saturated carbocycles. The molecule has 0 aromatic heterocycles. The Morgan fingerprint density at radius 3 is 2.00 bits per heavy atom. The SMILES string of the molecule is C=C(N)C(S)C(C)C. The standard InChI is InChI=1S/C6H13NS/c1-4(2)6(8)5(3)7/h4,6,8H,3,7H2,1-2H3. The van der Waals surface area contributed by atoms with Crippen molar-refractivity contribution in [1.82, 2.24) is 0 Å². The first-order chi connectivity index (χ1) is 3.55. The second-order valence-corrected chi connectivity index (χ2v) is 2.82. The van der Waals surface area contributed by atoms with E-state index in [9.17, 15) is 0 Å². The van der Waals surface area contributed by atoms with Crippen molar-refractivity contribution in [3.63, 3.8) is 0 Å². The van der Waals surface area contributed by atoms with Crippen LogP contribution >= 0.6 is 12.6 Å². The molecule has 0 aliphatic carbocycles. The van der Waals surface area contributed by atoms with E-state index in [4.69, 9.17) is 5.73 Å². The van der Waals surface area contributed by atoms with Crippen LogP contribution in [0.1, 0.15) is 13.8 Å². The Morgan fingerprint density at radius 1 is 1.62 bits per heavy atom. The van der Waals surface area contributed by atoms with Gasteiger partial charge in [0.1, 0.15) is 0 Å². The Balaban J connectivity index is 3.64. The average Bonchev–Trinajstić information content (AvgIpc) is 1.64. The van der Waals surface area contributed by atoms with Crippen LogP contribution in [0, 0.1) is 5.92 Å². The summed E-state index contributed by atoms with van der Waals surface area (Å²) in [5.41, 5.74) is 6.02. The minimum absolute atomic E-state index is 0.148. The van der Waals surface area contributed by atoms with Crippen LogP contribution in [0.3, 0.4) is 0 Å². The summed E-state index contributed by atoms with van der Waals surface area (Å²) >= 11 is 4.20. The average molecular weight is 131 g/mol. The Labute approximate surface area is 56.4 Å². The highest BCUT2D eigenvalue weighted by atomic mass is 32.1. The minimum Gasteiger partial charge on any atom is -0.402 e. The largest absolute Gasteiger partial charge is 0.402 e. The second kappa shape index (κ2) is 3.02. The quantitative estimate of drug-likeness (QED) is 0.544. The fraction of sp³-hybridized carbons (Fsp3) is 0.667. The maximum atomic E-state index is 5.37. The lowest BCUT2D eigenvalue weighted by Crippen LogP contribution is -2.16. The topological polar surface area (TPSA) is 26.0 Å². The fourth-order valence-corrected chi connectivity index (χ4v) is 0.428. The van der Waals surface area contributed by atoms with Gasteiger partial charge >= 0.3 is 0 Å². The molecule has 8 heavy (non-hydrogen) atoms. The third kappa shape index (κ3) is 2.26. The van der Waals surface area contributed by atoms with Gasteiger partial charge < -0.3 is 5.73 Å². The summed E-state index contributed by atoms with van der Waals surface area (Å²) in [6.07, 6.45) is 0. The van der Waals surface area contributed by atoms with E-state index in [1.54, 1.807) is 0 Å². The van der Waals surface area contributed by atoms with Crippen LogP contribution in [0.5, 0.6) is 0 Å². The number of hydrogen-bond donors (Lipinski definition) is 2. The predicted octanol–water partition coefficient (Wildman–Crippen LogP) is 1.41. The summed E-state index contributed by atoms with van der Waals surface area (Å²) in [5, 5.41) is 0.148. The van der Waals surface area contributed by atoms with Crippen LogP contribution in [0.2, 0.25) is 0 Å². The van der Waals surface area contributed by atoms with Gasteiger partial charge in [-0.25, -0.2) is 0 Å². The summed E-state index contributed by atoms with van der Waals surface area (Å²) in [5.74, 6) is 0.482. The van der Waals surface area contributed by atoms with Crippen molar-refractivity contribution in [2.45, 2.75) is 19.1 Å². The minimum atomic E-state index is 0.148. The van der Waals surface area contributed by atoms with Gasteiger partial charge in [-0.2, -0.15) is 12.6 Å². The van der Waals surface area contributed by atoms with Crippen molar-refractivity contribution < 1.29 is 0 Å². The highest BCUT2D eigenvalue weighted by Gasteiger charge is 2.07. The molecule has 0 spiro atoms. The number of nitrogens with two attached hydrogens (primary N) is 1. The van der Waals surface area contributed by atoms with Gasteiger partial charge in [0.2, 0.25) is 0 Å². The molecular formula is C6H13NS. The van der Waals surface area contributed by atoms with E-state index in [1.165, 1.54) is 0 Å². The van der Waals surface area contributed by atoms with Gasteiger partial charge in [-0.3, -0.25) is 0 Å². The predicted molar refractivity (Wildman–Crippen MR) is 40.9 cm³/mol. The molecule has 0 rings (SSSR count). The first-order valence-corrected chi connectivity index (χ1v) is 3.19. The van der Waals surface area contributed by atoms with Crippen LogP contribution in [0.15, 0.2) is 12.3 Å². The smallest absolute Gasteiger partial charge is 0.0429 e. The fourth-order valence-electron chi connectivity index (χ4n) is 0.428. The molecule has 1 unspecified atom stereocenters. The van der Waals surface area contributed by atoms with Crippen molar-refractivity contribution in [2.24, 2.45) is 11.7 Å². The lowest BCUT2D eigenvalue weighted by molar-refractivity contribution is 0.658. The van der Waals surface area contributed by atoms with Crippen LogP contribution in [-0.2, 0) is 0 Å². The molecule has 2 heteroatoms. The molecule has 0 saturated heterocycles. The molecule has 0 aliphatic rings. The van der Waals surface area contributed by atoms with Crippen molar-refractivity contribution in [3.05, 3.63) is 12.3 Å². The molecule has 0 bridgehead atoms. The van der Waals surface area contributed by atoms with E-state index in [1.807, 2.05) is 0 Å². The van der Waals surface area contributed by atoms with Gasteiger partial charge in [0.15, 0.2) is 0 Å². The van der Waals surface area contributed by atoms with Gasteiger partial charge in [-0.15, -0.1) is 0 Å². The van der Waals surface area contributed by atoms with Crippen LogP contribution < -0.4 is 5.73 Å². The van der Waals surface area contributed by atoms with Gasteiger partial charge in [-0.05, 0) is 5.92 Å². The Bertz CT molecular complexity index is 88.5. The Kier molecular flexibility index (Phi) is 2.98. The van der Waals surface area contributed by atoms with Crippen LogP contribution in [-0.4, -0.2) is 5.25 Å². The molecule has 0 aromatic carbocycles. The second-order valence-electron chi connectivity index (χ2n) is 2.26. The maximum absolute atomic E-state index is 5.37. The third-order valence-electron chi connectivity index (χ3n) is 1.01. The molecule has 0 heterocycles. The van der Waals surface area contributed by atoms with Crippen LogP contribution in [0.25, 0.3) is 0 Å². The monoisotopic (exact) mass is 131 g/mol. The molecule has 0 fully saturated rings. The summed E-state index contributed by atoms with van der Waals surface area (Å²) in [6, 6.07) is 0. The number of thiol groups is 1. The lowest BCUT2D eigenvalue weighted by Gasteiger charge is -2.12. The third-order valence-corrected chi connectivity index (χ3v) is 1.94. The molecule has 48 valence electrons. The van der Waals surface area contributed by atoms with E-state index in [0.717, 1.165) is 0 Å². The first kappa shape index (κ1) is 7.89. The van der Waals surface area contributed by atoms with Crippen molar-refractivity contribution in [1.29, 1.82) is 0 Å². The maximum Gasteiger partial charge on any atom is 0.0429 e. The molecule has 1 nitrogen and oxygen atoms in total. The van der Waals surface area contributed by atoms with Gasteiger partial charge in [0.05, 0.1) is 0 Å². The molecule has 2 N–H and O–H groups in total. The van der Waals surface area contributed by atoms with Gasteiger partial charge in [-0.1, -0.05) is 20.4 Å². The number of hydrogen-bond acceptors (Lipinski definition) is 2. The van der Waals surface area contributed by atoms with Crippen molar-refractivity contribution >= 4 is 12.6 Å². The molecule has 1 atom stereocenters. The van der Waals surface area contributed by atoms with E-state index >= 15 is 0 Å². The molecule has 0 amide bonds. The van der Waals surface area contributed by atoms with E-state index in [2.05, 4.69) is 33.1 Å². The number of rotatable bonds is 2. The van der Waals surface area contributed by atoms with Crippen molar-refractivity contribution in [3.8, 4) is 0 Å². The Morgan fingerprint density at radius 2 is 2.00 bits per heavy atom. The highest BCUT2D eigenvalue weighted by molar-refractivity contribution is 7.81. The van der Waals surface area contributed by atoms with Crippen molar-refractivity contribution in [2.75, 3.05) is 0 Å². The van der Waals surface area contributed by atoms with Crippen LogP contribution in [0.4, 0.5) is 0 Å². The summed E-state index contributed by atoms with van der Waals surface area (Å²) < 4.78 is 0. The molecule has 0 aliphatic heterocycles. The van der Waals surface area contributed by atoms with E-state index in [-0.39, 0.29) is 5.25 Å². The molecule has 0 aromatic rings. The summed E-state index contributed by atoms with van der Waals surface area (Å²) in [7, 11) is 0.